The van der Waals surface area contributed by atoms with Crippen molar-refractivity contribution < 1.29 is 13.2 Å². The van der Waals surface area contributed by atoms with Crippen LogP contribution in [0.2, 0.25) is 0 Å². The van der Waals surface area contributed by atoms with Gasteiger partial charge in [0.15, 0.2) is 0 Å². The van der Waals surface area contributed by atoms with Gasteiger partial charge in [0.2, 0.25) is 10.0 Å². The van der Waals surface area contributed by atoms with E-state index in [4.69, 9.17) is 0 Å². The number of urea groups is 1. The molecule has 0 aromatic rings. The number of hydrogen-bond donors (Lipinski definition) is 0. The van der Waals surface area contributed by atoms with Crippen LogP contribution in [0.15, 0.2) is 5.18 Å². The van der Waals surface area contributed by atoms with Gasteiger partial charge in [-0.15, -0.1) is 4.91 Å². The van der Waals surface area contributed by atoms with Crippen molar-refractivity contribution in [1.82, 2.24) is 4.31 Å². The molecule has 3 fully saturated rings. The minimum Gasteiger partial charge on any atom is -0.242 e. The lowest BCUT2D eigenvalue weighted by Crippen LogP contribution is -2.43. The first-order valence-corrected chi connectivity index (χ1v) is 7.77. The predicted molar refractivity (Wildman–Crippen MR) is 64.2 cm³/mol. The molecular formula is C11H16N2O4S. The number of nitrogens with zero attached hydrogens (tertiary/aromatic N) is 2. The molecule has 18 heavy (non-hydrogen) atoms. The number of fused-ring (bicyclic) bond motifs is 1. The molecule has 0 aromatic carbocycles. The van der Waals surface area contributed by atoms with E-state index < -0.39 is 16.1 Å². The topological polar surface area (TPSA) is 83.9 Å². The second kappa shape index (κ2) is 3.12. The number of sulfonamides is 1. The summed E-state index contributed by atoms with van der Waals surface area (Å²) in [5, 5.41) is 2.31. The van der Waals surface area contributed by atoms with Crippen molar-refractivity contribution in [2.45, 2.75) is 39.2 Å². The zero-order valence-corrected chi connectivity index (χ0v) is 11.2. The van der Waals surface area contributed by atoms with E-state index in [1.165, 1.54) is 0 Å². The lowest BCUT2D eigenvalue weighted by Gasteiger charge is -2.36. The third-order valence-corrected chi connectivity index (χ3v) is 7.57. The largest absolute Gasteiger partial charge is 0.394 e. The summed E-state index contributed by atoms with van der Waals surface area (Å²) in [6.07, 6.45) is 2.50. The van der Waals surface area contributed by atoms with Crippen LogP contribution in [-0.2, 0) is 10.0 Å². The number of carbonyl (C=O) groups is 1. The molecule has 3 rings (SSSR count). The Bertz CT molecular complexity index is 541. The van der Waals surface area contributed by atoms with Gasteiger partial charge in [0, 0.05) is 10.6 Å². The van der Waals surface area contributed by atoms with Gasteiger partial charge in [0.05, 0.1) is 11.8 Å². The fourth-order valence-electron chi connectivity index (χ4n) is 4.58. The van der Waals surface area contributed by atoms with Gasteiger partial charge in [-0.2, -0.15) is 0 Å². The SMILES string of the molecule is CC1(C)[C@H]2CC[C@@]13CS(=O)(=O)N(C(=O)N=O)[C@H]3C2. The van der Waals surface area contributed by atoms with E-state index in [1.807, 2.05) is 0 Å². The van der Waals surface area contributed by atoms with Gasteiger partial charge in [-0.3, -0.25) is 0 Å². The molecule has 0 N–H and O–H groups in total. The number of nitroso groups, excluding NO2 is 1. The Morgan fingerprint density at radius 3 is 2.61 bits per heavy atom. The molecule has 0 unspecified atom stereocenters. The zero-order valence-electron chi connectivity index (χ0n) is 10.4. The third-order valence-electron chi connectivity index (χ3n) is 5.68. The molecule has 0 radical (unpaired) electrons. The standard InChI is InChI=1S/C11H16N2O4S/c1-10(2)7-3-4-11(10)6-18(16,17)13(8(11)5-7)9(14)12-15/h7-8H,3-6H2,1-2H3/t7-,8-,11-/m0/s1. The molecule has 2 amide bonds. The Hall–Kier alpha value is -0.980. The Labute approximate surface area is 106 Å². The maximum absolute atomic E-state index is 12.2. The summed E-state index contributed by atoms with van der Waals surface area (Å²) in [4.78, 5) is 22.0. The third kappa shape index (κ3) is 1.09. The van der Waals surface area contributed by atoms with Crippen LogP contribution in [0.1, 0.15) is 33.1 Å². The van der Waals surface area contributed by atoms with E-state index in [2.05, 4.69) is 19.0 Å². The van der Waals surface area contributed by atoms with E-state index >= 15 is 0 Å². The first-order valence-electron chi connectivity index (χ1n) is 6.16. The summed E-state index contributed by atoms with van der Waals surface area (Å²) in [7, 11) is -3.68. The molecule has 2 aliphatic carbocycles. The molecule has 7 heteroatoms. The van der Waals surface area contributed by atoms with Crippen LogP contribution in [0.3, 0.4) is 0 Å². The van der Waals surface area contributed by atoms with Gasteiger partial charge in [0.25, 0.3) is 0 Å². The van der Waals surface area contributed by atoms with E-state index in [-0.39, 0.29) is 22.6 Å². The van der Waals surface area contributed by atoms with Crippen LogP contribution >= 0.6 is 0 Å². The number of hydrogen-bond acceptors (Lipinski definition) is 4. The quantitative estimate of drug-likeness (QED) is 0.628. The van der Waals surface area contributed by atoms with Gasteiger partial charge in [-0.05, 0) is 30.6 Å². The van der Waals surface area contributed by atoms with Crippen molar-refractivity contribution >= 4 is 16.1 Å². The molecule has 2 bridgehead atoms. The summed E-state index contributed by atoms with van der Waals surface area (Å²) in [5.74, 6) is 0.412. The Morgan fingerprint density at radius 2 is 2.06 bits per heavy atom. The van der Waals surface area contributed by atoms with Crippen LogP contribution in [0.4, 0.5) is 4.79 Å². The first-order chi connectivity index (χ1) is 8.26. The Balaban J connectivity index is 2.14. The van der Waals surface area contributed by atoms with E-state index in [0.717, 1.165) is 17.1 Å². The summed E-state index contributed by atoms with van der Waals surface area (Å²) < 4.78 is 25.1. The van der Waals surface area contributed by atoms with Gasteiger partial charge < -0.3 is 0 Å². The van der Waals surface area contributed by atoms with Crippen molar-refractivity contribution in [2.24, 2.45) is 21.9 Å². The summed E-state index contributed by atoms with van der Waals surface area (Å²) in [6.45, 7) is 4.17. The highest BCUT2D eigenvalue weighted by Gasteiger charge is 2.72. The smallest absolute Gasteiger partial charge is 0.242 e. The monoisotopic (exact) mass is 272 g/mol. The molecule has 0 aromatic heterocycles. The highest BCUT2D eigenvalue weighted by Crippen LogP contribution is 2.69. The highest BCUT2D eigenvalue weighted by molar-refractivity contribution is 7.90. The van der Waals surface area contributed by atoms with Crippen molar-refractivity contribution in [3.63, 3.8) is 0 Å². The Morgan fingerprint density at radius 1 is 1.39 bits per heavy atom. The van der Waals surface area contributed by atoms with Crippen LogP contribution in [0.5, 0.6) is 0 Å². The lowest BCUT2D eigenvalue weighted by atomic mass is 9.69. The fourth-order valence-corrected chi connectivity index (χ4v) is 7.03. The van der Waals surface area contributed by atoms with E-state index in [0.29, 0.717) is 12.3 Å². The Kier molecular flexibility index (Phi) is 2.09. The van der Waals surface area contributed by atoms with E-state index in [1.54, 1.807) is 0 Å². The van der Waals surface area contributed by atoms with Crippen LogP contribution < -0.4 is 0 Å². The molecule has 3 atom stereocenters. The van der Waals surface area contributed by atoms with E-state index in [9.17, 15) is 18.1 Å². The predicted octanol–water partition coefficient (Wildman–Crippen LogP) is 1.71. The maximum Gasteiger partial charge on any atom is 0.394 e. The van der Waals surface area contributed by atoms with Gasteiger partial charge in [0.1, 0.15) is 0 Å². The zero-order chi connectivity index (χ0) is 13.3. The molecule has 6 nitrogen and oxygen atoms in total. The van der Waals surface area contributed by atoms with Crippen molar-refractivity contribution in [3.8, 4) is 0 Å². The van der Waals surface area contributed by atoms with Gasteiger partial charge in [-0.25, -0.2) is 17.5 Å². The second-order valence-corrected chi connectivity index (χ2v) is 8.14. The molecule has 1 spiro atoms. The molecule has 100 valence electrons. The first kappa shape index (κ1) is 12.1. The molecule has 1 heterocycles. The highest BCUT2D eigenvalue weighted by atomic mass is 32.2. The van der Waals surface area contributed by atoms with Gasteiger partial charge >= 0.3 is 6.03 Å². The number of rotatable bonds is 0. The number of carbonyl (C=O) groups excluding carboxylic acids is 1. The molecule has 1 saturated heterocycles. The van der Waals surface area contributed by atoms with Crippen molar-refractivity contribution in [1.29, 1.82) is 0 Å². The lowest BCUT2D eigenvalue weighted by molar-refractivity contribution is 0.121. The van der Waals surface area contributed by atoms with Crippen LogP contribution in [-0.4, -0.2) is 30.5 Å². The average Bonchev–Trinajstić information content (AvgIpc) is 2.74. The second-order valence-electron chi connectivity index (χ2n) is 6.29. The summed E-state index contributed by atoms with van der Waals surface area (Å²) in [6, 6.07) is -1.51. The molecule has 3 aliphatic rings. The van der Waals surface area contributed by atoms with Crippen LogP contribution in [0.25, 0.3) is 0 Å². The minimum atomic E-state index is -3.68. The van der Waals surface area contributed by atoms with Gasteiger partial charge in [-0.1, -0.05) is 13.8 Å². The normalized spacial score (nSPS) is 42.9. The minimum absolute atomic E-state index is 0.0184. The fraction of sp³-hybridized carbons (Fsp3) is 0.909. The summed E-state index contributed by atoms with van der Waals surface area (Å²) >= 11 is 0. The summed E-state index contributed by atoms with van der Waals surface area (Å²) in [5.41, 5.74) is -0.473. The van der Waals surface area contributed by atoms with Crippen LogP contribution in [0, 0.1) is 21.7 Å². The van der Waals surface area contributed by atoms with Crippen molar-refractivity contribution in [2.75, 3.05) is 5.75 Å². The molecule has 1 aliphatic heterocycles. The van der Waals surface area contributed by atoms with Crippen molar-refractivity contribution in [3.05, 3.63) is 4.91 Å². The number of amides is 2. The maximum atomic E-state index is 12.2. The molecule has 2 saturated carbocycles. The average molecular weight is 272 g/mol. The molecular weight excluding hydrogens is 256 g/mol.